The number of aromatic nitrogens is 2. The van der Waals surface area contributed by atoms with Gasteiger partial charge in [-0.25, -0.2) is 4.98 Å². The summed E-state index contributed by atoms with van der Waals surface area (Å²) < 4.78 is 6.09. The van der Waals surface area contributed by atoms with E-state index in [0.717, 1.165) is 28.1 Å². The zero-order valence-corrected chi connectivity index (χ0v) is 13.5. The molecule has 25 heavy (non-hydrogen) atoms. The standard InChI is InChI=1S/C22H16N2O/c1-2-8-17(9-3-1)20-12-6-14-22(24-20)25-21-13-5-4-11-19(21)18-10-7-15-23-16-18/h1-16H. The van der Waals surface area contributed by atoms with Crippen LogP contribution in [-0.2, 0) is 0 Å². The van der Waals surface area contributed by atoms with Crippen LogP contribution in [0.1, 0.15) is 0 Å². The summed E-state index contributed by atoms with van der Waals surface area (Å²) in [6.07, 6.45) is 3.59. The second-order valence-electron chi connectivity index (χ2n) is 5.57. The van der Waals surface area contributed by atoms with Gasteiger partial charge in [-0.15, -0.1) is 0 Å². The normalized spacial score (nSPS) is 10.4. The van der Waals surface area contributed by atoms with Crippen LogP contribution in [0, 0.1) is 0 Å². The SMILES string of the molecule is c1ccc(-c2cccc(Oc3ccccc3-c3cccnc3)n2)cc1. The van der Waals surface area contributed by atoms with Gasteiger partial charge in [0, 0.05) is 35.2 Å². The lowest BCUT2D eigenvalue weighted by Gasteiger charge is -2.11. The summed E-state index contributed by atoms with van der Waals surface area (Å²) in [5, 5.41) is 0. The maximum atomic E-state index is 6.09. The number of hydrogen-bond acceptors (Lipinski definition) is 3. The van der Waals surface area contributed by atoms with Crippen LogP contribution in [0.4, 0.5) is 0 Å². The summed E-state index contributed by atoms with van der Waals surface area (Å²) in [5.74, 6) is 1.32. The van der Waals surface area contributed by atoms with Gasteiger partial charge in [0.25, 0.3) is 0 Å². The van der Waals surface area contributed by atoms with Crippen molar-refractivity contribution in [3.63, 3.8) is 0 Å². The van der Waals surface area contributed by atoms with Crippen molar-refractivity contribution in [2.75, 3.05) is 0 Å². The van der Waals surface area contributed by atoms with Gasteiger partial charge in [-0.1, -0.05) is 60.7 Å². The number of hydrogen-bond donors (Lipinski definition) is 0. The molecule has 0 N–H and O–H groups in total. The van der Waals surface area contributed by atoms with Crippen LogP contribution in [0.2, 0.25) is 0 Å². The molecule has 0 radical (unpaired) electrons. The Morgan fingerprint density at radius 3 is 2.28 bits per heavy atom. The topological polar surface area (TPSA) is 35.0 Å². The molecule has 2 aromatic carbocycles. The third-order valence-corrected chi connectivity index (χ3v) is 3.87. The fourth-order valence-electron chi connectivity index (χ4n) is 2.67. The first-order valence-corrected chi connectivity index (χ1v) is 8.10. The Bertz CT molecular complexity index is 969. The van der Waals surface area contributed by atoms with Crippen molar-refractivity contribution in [1.82, 2.24) is 9.97 Å². The number of rotatable bonds is 4. The van der Waals surface area contributed by atoms with E-state index in [4.69, 9.17) is 4.74 Å². The lowest BCUT2D eigenvalue weighted by atomic mass is 10.1. The van der Waals surface area contributed by atoms with Gasteiger partial charge in [-0.05, 0) is 18.2 Å². The first-order chi connectivity index (χ1) is 12.4. The third kappa shape index (κ3) is 3.40. The molecule has 0 aliphatic heterocycles. The molecule has 0 aliphatic carbocycles. The van der Waals surface area contributed by atoms with E-state index in [2.05, 4.69) is 9.97 Å². The fourth-order valence-corrected chi connectivity index (χ4v) is 2.67. The summed E-state index contributed by atoms with van der Waals surface area (Å²) >= 11 is 0. The fraction of sp³-hybridized carbons (Fsp3) is 0. The van der Waals surface area contributed by atoms with Crippen molar-refractivity contribution < 1.29 is 4.74 Å². The minimum Gasteiger partial charge on any atom is -0.438 e. The highest BCUT2D eigenvalue weighted by molar-refractivity contribution is 5.70. The first-order valence-electron chi connectivity index (χ1n) is 8.10. The van der Waals surface area contributed by atoms with Crippen LogP contribution in [0.25, 0.3) is 22.4 Å². The first kappa shape index (κ1) is 15.1. The number of pyridine rings is 2. The van der Waals surface area contributed by atoms with Gasteiger partial charge < -0.3 is 4.74 Å². The van der Waals surface area contributed by atoms with Crippen LogP contribution in [0.15, 0.2) is 97.3 Å². The molecule has 0 saturated heterocycles. The zero-order chi connectivity index (χ0) is 16.9. The lowest BCUT2D eigenvalue weighted by Crippen LogP contribution is -1.92. The predicted octanol–water partition coefficient (Wildman–Crippen LogP) is 5.60. The highest BCUT2D eigenvalue weighted by Crippen LogP contribution is 2.32. The Morgan fingerprint density at radius 1 is 0.640 bits per heavy atom. The summed E-state index contributed by atoms with van der Waals surface area (Å²) in [5.41, 5.74) is 3.95. The maximum Gasteiger partial charge on any atom is 0.219 e. The lowest BCUT2D eigenvalue weighted by molar-refractivity contribution is 0.465. The Morgan fingerprint density at radius 2 is 1.44 bits per heavy atom. The van der Waals surface area contributed by atoms with Crippen molar-refractivity contribution in [2.45, 2.75) is 0 Å². The van der Waals surface area contributed by atoms with E-state index in [1.807, 2.05) is 91.1 Å². The van der Waals surface area contributed by atoms with E-state index in [-0.39, 0.29) is 0 Å². The van der Waals surface area contributed by atoms with Crippen LogP contribution in [-0.4, -0.2) is 9.97 Å². The molecule has 120 valence electrons. The molecule has 4 aromatic rings. The molecule has 0 amide bonds. The van der Waals surface area contributed by atoms with Crippen molar-refractivity contribution >= 4 is 0 Å². The average molecular weight is 324 g/mol. The largest absolute Gasteiger partial charge is 0.438 e. The highest BCUT2D eigenvalue weighted by Gasteiger charge is 2.08. The maximum absolute atomic E-state index is 6.09. The zero-order valence-electron chi connectivity index (χ0n) is 13.5. The van der Waals surface area contributed by atoms with Gasteiger partial charge in [0.15, 0.2) is 0 Å². The number of para-hydroxylation sites is 1. The Labute approximate surface area is 146 Å². The molecular weight excluding hydrogens is 308 g/mol. The summed E-state index contributed by atoms with van der Waals surface area (Å²) in [6, 6.07) is 27.7. The molecule has 0 atom stereocenters. The average Bonchev–Trinajstić information content (AvgIpc) is 2.70. The van der Waals surface area contributed by atoms with Gasteiger partial charge in [0.1, 0.15) is 5.75 Å². The molecule has 3 nitrogen and oxygen atoms in total. The number of ether oxygens (including phenoxy) is 1. The quantitative estimate of drug-likeness (QED) is 0.490. The van der Waals surface area contributed by atoms with E-state index in [9.17, 15) is 0 Å². The Hall–Kier alpha value is -3.46. The molecule has 0 fully saturated rings. The molecule has 0 bridgehead atoms. The van der Waals surface area contributed by atoms with Crippen molar-refractivity contribution in [3.8, 4) is 34.0 Å². The molecule has 0 unspecified atom stereocenters. The summed E-state index contributed by atoms with van der Waals surface area (Å²) in [4.78, 5) is 8.83. The molecule has 4 rings (SSSR count). The molecule has 2 aromatic heterocycles. The van der Waals surface area contributed by atoms with Gasteiger partial charge in [0.2, 0.25) is 5.88 Å². The Balaban J connectivity index is 1.68. The van der Waals surface area contributed by atoms with Crippen molar-refractivity contribution in [3.05, 3.63) is 97.3 Å². The monoisotopic (exact) mass is 324 g/mol. The molecule has 0 saturated carbocycles. The summed E-state index contributed by atoms with van der Waals surface area (Å²) in [6.45, 7) is 0. The van der Waals surface area contributed by atoms with Crippen LogP contribution in [0.5, 0.6) is 11.6 Å². The van der Waals surface area contributed by atoms with E-state index in [0.29, 0.717) is 5.88 Å². The summed E-state index contributed by atoms with van der Waals surface area (Å²) in [7, 11) is 0. The minimum atomic E-state index is 0.567. The van der Waals surface area contributed by atoms with Gasteiger partial charge >= 0.3 is 0 Å². The molecule has 0 aliphatic rings. The predicted molar refractivity (Wildman–Crippen MR) is 99.4 cm³/mol. The van der Waals surface area contributed by atoms with Crippen molar-refractivity contribution in [2.24, 2.45) is 0 Å². The second kappa shape index (κ2) is 6.97. The molecule has 2 heterocycles. The van der Waals surface area contributed by atoms with Crippen molar-refractivity contribution in [1.29, 1.82) is 0 Å². The van der Waals surface area contributed by atoms with Crippen LogP contribution in [0.3, 0.4) is 0 Å². The van der Waals surface area contributed by atoms with E-state index in [1.165, 1.54) is 0 Å². The molecular formula is C22H16N2O. The molecule has 0 spiro atoms. The van der Waals surface area contributed by atoms with Crippen LogP contribution >= 0.6 is 0 Å². The molecule has 3 heteroatoms. The van der Waals surface area contributed by atoms with Crippen LogP contribution < -0.4 is 4.74 Å². The smallest absolute Gasteiger partial charge is 0.219 e. The highest BCUT2D eigenvalue weighted by atomic mass is 16.5. The second-order valence-corrected chi connectivity index (χ2v) is 5.57. The van der Waals surface area contributed by atoms with E-state index >= 15 is 0 Å². The van der Waals surface area contributed by atoms with Gasteiger partial charge in [-0.3, -0.25) is 4.98 Å². The number of benzene rings is 2. The van der Waals surface area contributed by atoms with Gasteiger partial charge in [-0.2, -0.15) is 0 Å². The minimum absolute atomic E-state index is 0.567. The van der Waals surface area contributed by atoms with E-state index < -0.39 is 0 Å². The third-order valence-electron chi connectivity index (χ3n) is 3.87. The van der Waals surface area contributed by atoms with Gasteiger partial charge in [0.05, 0.1) is 5.69 Å². The number of nitrogens with zero attached hydrogens (tertiary/aromatic N) is 2. The Kier molecular flexibility index (Phi) is 4.21. The van der Waals surface area contributed by atoms with E-state index in [1.54, 1.807) is 6.20 Å².